The molecule has 3 rings (SSSR count). The molecule has 0 aliphatic rings. The SMILES string of the molecule is CC(C)NCc1c(Sc2nccs2)nc2sccn12. The van der Waals surface area contributed by atoms with Crippen LogP contribution >= 0.6 is 34.4 Å². The molecule has 7 heteroatoms. The molecule has 3 aromatic rings. The second kappa shape index (κ2) is 5.62. The van der Waals surface area contributed by atoms with Crippen LogP contribution in [0.1, 0.15) is 19.5 Å². The summed E-state index contributed by atoms with van der Waals surface area (Å²) in [4.78, 5) is 10.1. The van der Waals surface area contributed by atoms with Crippen molar-refractivity contribution in [1.82, 2.24) is 19.7 Å². The van der Waals surface area contributed by atoms with Gasteiger partial charge in [-0.2, -0.15) is 0 Å². The third-order valence-electron chi connectivity index (χ3n) is 2.60. The number of rotatable bonds is 5. The van der Waals surface area contributed by atoms with Crippen molar-refractivity contribution in [2.24, 2.45) is 0 Å². The zero-order valence-electron chi connectivity index (χ0n) is 10.7. The van der Waals surface area contributed by atoms with Crippen LogP contribution in [-0.2, 0) is 6.54 Å². The summed E-state index contributed by atoms with van der Waals surface area (Å²) in [7, 11) is 0. The van der Waals surface area contributed by atoms with Gasteiger partial charge < -0.3 is 5.32 Å². The molecule has 0 fully saturated rings. The number of hydrogen-bond donors (Lipinski definition) is 1. The van der Waals surface area contributed by atoms with Gasteiger partial charge in [0.05, 0.1) is 5.69 Å². The largest absolute Gasteiger partial charge is 0.309 e. The van der Waals surface area contributed by atoms with E-state index in [0.29, 0.717) is 6.04 Å². The molecule has 0 radical (unpaired) electrons. The molecule has 19 heavy (non-hydrogen) atoms. The zero-order valence-corrected chi connectivity index (χ0v) is 13.1. The maximum Gasteiger partial charge on any atom is 0.194 e. The van der Waals surface area contributed by atoms with Crippen LogP contribution in [0.4, 0.5) is 0 Å². The fraction of sp³-hybridized carbons (Fsp3) is 0.333. The smallest absolute Gasteiger partial charge is 0.194 e. The van der Waals surface area contributed by atoms with Crippen LogP contribution in [0.25, 0.3) is 4.96 Å². The van der Waals surface area contributed by atoms with Crippen LogP contribution < -0.4 is 5.32 Å². The monoisotopic (exact) mass is 310 g/mol. The van der Waals surface area contributed by atoms with Gasteiger partial charge in [0.2, 0.25) is 0 Å². The van der Waals surface area contributed by atoms with Crippen molar-refractivity contribution in [1.29, 1.82) is 0 Å². The lowest BCUT2D eigenvalue weighted by Crippen LogP contribution is -2.22. The summed E-state index contributed by atoms with van der Waals surface area (Å²) in [6.07, 6.45) is 3.91. The molecule has 0 aliphatic heterocycles. The zero-order chi connectivity index (χ0) is 13.2. The van der Waals surface area contributed by atoms with Gasteiger partial charge >= 0.3 is 0 Å². The van der Waals surface area contributed by atoms with Crippen molar-refractivity contribution < 1.29 is 0 Å². The van der Waals surface area contributed by atoms with Gasteiger partial charge in [-0.25, -0.2) is 9.97 Å². The predicted octanol–water partition coefficient (Wildman–Crippen LogP) is 3.50. The number of fused-ring (bicyclic) bond motifs is 1. The number of hydrogen-bond acceptors (Lipinski definition) is 6. The molecule has 0 atom stereocenters. The highest BCUT2D eigenvalue weighted by atomic mass is 32.2. The minimum Gasteiger partial charge on any atom is -0.309 e. The summed E-state index contributed by atoms with van der Waals surface area (Å²) >= 11 is 4.96. The van der Waals surface area contributed by atoms with Crippen molar-refractivity contribution in [2.45, 2.75) is 35.8 Å². The Morgan fingerprint density at radius 3 is 3.00 bits per heavy atom. The second-order valence-electron chi connectivity index (χ2n) is 4.35. The lowest BCUT2D eigenvalue weighted by atomic mass is 10.3. The van der Waals surface area contributed by atoms with E-state index in [4.69, 9.17) is 4.98 Å². The average molecular weight is 310 g/mol. The number of nitrogens with zero attached hydrogens (tertiary/aromatic N) is 3. The third-order valence-corrected chi connectivity index (χ3v) is 5.26. The first-order chi connectivity index (χ1) is 9.24. The van der Waals surface area contributed by atoms with Crippen molar-refractivity contribution in [3.63, 3.8) is 0 Å². The van der Waals surface area contributed by atoms with E-state index in [1.807, 2.05) is 11.6 Å². The Morgan fingerprint density at radius 1 is 1.37 bits per heavy atom. The van der Waals surface area contributed by atoms with E-state index in [9.17, 15) is 0 Å². The Bertz CT molecular complexity index is 654. The molecular weight excluding hydrogens is 296 g/mol. The Kier molecular flexibility index (Phi) is 3.88. The minimum atomic E-state index is 0.460. The van der Waals surface area contributed by atoms with Crippen molar-refractivity contribution >= 4 is 39.4 Å². The van der Waals surface area contributed by atoms with Crippen LogP contribution in [-0.4, -0.2) is 20.4 Å². The van der Waals surface area contributed by atoms with Crippen LogP contribution in [0.2, 0.25) is 0 Å². The van der Waals surface area contributed by atoms with Crippen molar-refractivity contribution in [2.75, 3.05) is 0 Å². The van der Waals surface area contributed by atoms with Crippen LogP contribution in [0.3, 0.4) is 0 Å². The predicted molar refractivity (Wildman–Crippen MR) is 81.3 cm³/mol. The summed E-state index contributed by atoms with van der Waals surface area (Å²) in [6, 6.07) is 0.460. The summed E-state index contributed by atoms with van der Waals surface area (Å²) in [5, 5.41) is 8.58. The lowest BCUT2D eigenvalue weighted by molar-refractivity contribution is 0.574. The molecule has 0 bridgehead atoms. The molecule has 0 amide bonds. The summed E-state index contributed by atoms with van der Waals surface area (Å²) in [5.41, 5.74) is 1.21. The molecule has 100 valence electrons. The number of aromatic nitrogens is 3. The van der Waals surface area contributed by atoms with E-state index in [0.717, 1.165) is 20.9 Å². The van der Waals surface area contributed by atoms with Gasteiger partial charge in [0.15, 0.2) is 9.30 Å². The van der Waals surface area contributed by atoms with E-state index in [2.05, 4.69) is 40.1 Å². The fourth-order valence-corrected chi connectivity index (χ4v) is 4.15. The summed E-state index contributed by atoms with van der Waals surface area (Å²) < 4.78 is 3.20. The van der Waals surface area contributed by atoms with E-state index in [-0.39, 0.29) is 0 Å². The molecule has 1 N–H and O–H groups in total. The molecule has 0 aromatic carbocycles. The second-order valence-corrected chi connectivity index (χ2v) is 7.36. The van der Waals surface area contributed by atoms with E-state index in [1.165, 1.54) is 5.69 Å². The highest BCUT2D eigenvalue weighted by Gasteiger charge is 2.15. The molecule has 0 saturated carbocycles. The standard InChI is InChI=1S/C12H14N4S3/c1-8(2)14-7-9-10(19-12-13-3-5-18-12)15-11-16(9)4-6-17-11/h3-6,8,14H,7H2,1-2H3. The maximum atomic E-state index is 4.70. The van der Waals surface area contributed by atoms with Gasteiger partial charge in [0.1, 0.15) is 5.03 Å². The van der Waals surface area contributed by atoms with E-state index >= 15 is 0 Å². The fourth-order valence-electron chi connectivity index (χ4n) is 1.70. The Balaban J connectivity index is 1.93. The molecule has 0 saturated heterocycles. The molecule has 0 aliphatic carbocycles. The normalized spacial score (nSPS) is 11.7. The highest BCUT2D eigenvalue weighted by molar-refractivity contribution is 8.01. The summed E-state index contributed by atoms with van der Waals surface area (Å²) in [5.74, 6) is 0. The van der Waals surface area contributed by atoms with E-state index in [1.54, 1.807) is 34.4 Å². The van der Waals surface area contributed by atoms with Crippen molar-refractivity contribution in [3.05, 3.63) is 28.8 Å². The topological polar surface area (TPSA) is 42.2 Å². The number of imidazole rings is 1. The average Bonchev–Trinajstić information content (AvgIpc) is 3.04. The third kappa shape index (κ3) is 2.84. The van der Waals surface area contributed by atoms with Gasteiger partial charge in [-0.1, -0.05) is 13.8 Å². The number of nitrogens with one attached hydrogen (secondary N) is 1. The minimum absolute atomic E-state index is 0.460. The molecular formula is C12H14N4S3. The summed E-state index contributed by atoms with van der Waals surface area (Å²) in [6.45, 7) is 5.13. The molecule has 3 aromatic heterocycles. The molecule has 3 heterocycles. The molecule has 0 unspecified atom stereocenters. The van der Waals surface area contributed by atoms with Gasteiger partial charge in [0, 0.05) is 35.7 Å². The number of thiazole rings is 2. The Morgan fingerprint density at radius 2 is 2.26 bits per heavy atom. The van der Waals surface area contributed by atoms with Crippen LogP contribution in [0, 0.1) is 0 Å². The van der Waals surface area contributed by atoms with Crippen LogP contribution in [0.15, 0.2) is 32.5 Å². The van der Waals surface area contributed by atoms with Crippen molar-refractivity contribution in [3.8, 4) is 0 Å². The first kappa shape index (κ1) is 13.1. The molecule has 0 spiro atoms. The van der Waals surface area contributed by atoms with Gasteiger partial charge in [0.25, 0.3) is 0 Å². The lowest BCUT2D eigenvalue weighted by Gasteiger charge is -2.08. The Hall–Kier alpha value is -0.890. The van der Waals surface area contributed by atoms with E-state index < -0.39 is 0 Å². The quantitative estimate of drug-likeness (QED) is 0.783. The Labute approximate surface area is 123 Å². The first-order valence-electron chi connectivity index (χ1n) is 5.99. The molecule has 4 nitrogen and oxygen atoms in total. The first-order valence-corrected chi connectivity index (χ1v) is 8.57. The highest BCUT2D eigenvalue weighted by Crippen LogP contribution is 2.32. The maximum absolute atomic E-state index is 4.70. The van der Waals surface area contributed by atoms with Gasteiger partial charge in [-0.05, 0) is 11.8 Å². The van der Waals surface area contributed by atoms with Crippen LogP contribution in [0.5, 0.6) is 0 Å². The van der Waals surface area contributed by atoms with Gasteiger partial charge in [-0.15, -0.1) is 22.7 Å². The van der Waals surface area contributed by atoms with Gasteiger partial charge in [-0.3, -0.25) is 4.40 Å².